The summed E-state index contributed by atoms with van der Waals surface area (Å²) in [5.41, 5.74) is 0.483. The molecule has 160 valence electrons. The number of benzene rings is 1. The summed E-state index contributed by atoms with van der Waals surface area (Å²) >= 11 is 3.32. The van der Waals surface area contributed by atoms with Gasteiger partial charge in [0.25, 0.3) is 5.56 Å². The van der Waals surface area contributed by atoms with Crippen molar-refractivity contribution in [2.45, 2.75) is 25.8 Å². The molecule has 1 aromatic carbocycles. The number of pyridine rings is 1. The predicted molar refractivity (Wildman–Crippen MR) is 120 cm³/mol. The Balaban J connectivity index is 1.35. The molecule has 1 aliphatic heterocycles. The van der Waals surface area contributed by atoms with E-state index in [1.54, 1.807) is 35.4 Å². The monoisotopic (exact) mass is 483 g/mol. The summed E-state index contributed by atoms with van der Waals surface area (Å²) in [6.07, 6.45) is 4.77. The van der Waals surface area contributed by atoms with Crippen LogP contribution in [0.5, 0.6) is 0 Å². The van der Waals surface area contributed by atoms with Gasteiger partial charge < -0.3 is 10.2 Å². The molecule has 1 unspecified atom stereocenters. The maximum Gasteiger partial charge on any atom is 0.261 e. The molecule has 1 saturated heterocycles. The smallest absolute Gasteiger partial charge is 0.261 e. The first-order valence-electron chi connectivity index (χ1n) is 10.2. The van der Waals surface area contributed by atoms with E-state index in [-0.39, 0.29) is 36.3 Å². The molecule has 0 saturated carbocycles. The van der Waals surface area contributed by atoms with Crippen molar-refractivity contribution in [2.24, 2.45) is 5.92 Å². The second-order valence-corrected chi connectivity index (χ2v) is 8.46. The average Bonchev–Trinajstić information content (AvgIpc) is 2.80. The molecule has 1 atom stereocenters. The third kappa shape index (κ3) is 4.99. The number of anilines is 1. The van der Waals surface area contributed by atoms with Gasteiger partial charge in [0.05, 0.1) is 23.1 Å². The number of likely N-dealkylation sites (tertiary alicyclic amines) is 1. The molecule has 2 amide bonds. The fraction of sp³-hybridized carbons (Fsp3) is 0.318. The quantitative estimate of drug-likeness (QED) is 0.601. The first kappa shape index (κ1) is 21.2. The number of hydrogen-bond donors (Lipinski definition) is 1. The minimum atomic E-state index is -0.284. The third-order valence-corrected chi connectivity index (χ3v) is 5.89. The summed E-state index contributed by atoms with van der Waals surface area (Å²) in [5, 5.41) is 3.35. The maximum atomic E-state index is 12.8. The molecule has 0 spiro atoms. The van der Waals surface area contributed by atoms with Gasteiger partial charge in [0.15, 0.2) is 0 Å². The number of hydrogen-bond acceptors (Lipinski definition) is 5. The second-order valence-electron chi connectivity index (χ2n) is 7.54. The van der Waals surface area contributed by atoms with Crippen molar-refractivity contribution in [2.75, 3.05) is 18.4 Å². The zero-order chi connectivity index (χ0) is 21.8. The molecule has 1 aliphatic rings. The molecule has 9 heteroatoms. The first-order valence-corrected chi connectivity index (χ1v) is 10.9. The zero-order valence-corrected chi connectivity index (χ0v) is 18.4. The Morgan fingerprint density at radius 2 is 2.00 bits per heavy atom. The van der Waals surface area contributed by atoms with E-state index < -0.39 is 0 Å². The van der Waals surface area contributed by atoms with Crippen molar-refractivity contribution >= 4 is 44.5 Å². The van der Waals surface area contributed by atoms with Crippen LogP contribution < -0.4 is 10.9 Å². The average molecular weight is 484 g/mol. The topological polar surface area (TPSA) is 97.2 Å². The summed E-state index contributed by atoms with van der Waals surface area (Å²) in [4.78, 5) is 48.1. The lowest BCUT2D eigenvalue weighted by Gasteiger charge is -2.32. The third-order valence-electron chi connectivity index (χ3n) is 5.42. The molecule has 3 aromatic rings. The number of aryl methyl sites for hydroxylation is 1. The van der Waals surface area contributed by atoms with Crippen LogP contribution >= 0.6 is 15.9 Å². The summed E-state index contributed by atoms with van der Waals surface area (Å²) in [6.45, 7) is 1.24. The fourth-order valence-electron chi connectivity index (χ4n) is 3.74. The second kappa shape index (κ2) is 9.38. The molecule has 3 heterocycles. The van der Waals surface area contributed by atoms with Gasteiger partial charge in [-0.15, -0.1) is 0 Å². The van der Waals surface area contributed by atoms with E-state index >= 15 is 0 Å². The highest BCUT2D eigenvalue weighted by Crippen LogP contribution is 2.20. The van der Waals surface area contributed by atoms with E-state index in [2.05, 4.69) is 31.2 Å². The summed E-state index contributed by atoms with van der Waals surface area (Å²) in [6, 6.07) is 10.7. The molecule has 1 fully saturated rings. The molecule has 31 heavy (non-hydrogen) atoms. The number of piperidine rings is 1. The zero-order valence-electron chi connectivity index (χ0n) is 16.8. The van der Waals surface area contributed by atoms with Crippen LogP contribution in [-0.4, -0.2) is 44.3 Å². The van der Waals surface area contributed by atoms with Crippen molar-refractivity contribution in [3.63, 3.8) is 0 Å². The van der Waals surface area contributed by atoms with Crippen LogP contribution in [0.25, 0.3) is 10.9 Å². The minimum absolute atomic E-state index is 0.0701. The highest BCUT2D eigenvalue weighted by atomic mass is 79.9. The molecule has 1 N–H and O–H groups in total. The van der Waals surface area contributed by atoms with Gasteiger partial charge in [0.2, 0.25) is 11.8 Å². The van der Waals surface area contributed by atoms with E-state index in [0.717, 1.165) is 17.3 Å². The fourth-order valence-corrected chi connectivity index (χ4v) is 3.97. The van der Waals surface area contributed by atoms with Crippen LogP contribution in [0.1, 0.15) is 19.3 Å². The summed E-state index contributed by atoms with van der Waals surface area (Å²) in [5.74, 6) is -0.00497. The maximum absolute atomic E-state index is 12.8. The Bertz CT molecular complexity index is 1160. The molecular formula is C22H22BrN5O3. The number of rotatable bonds is 5. The number of fused-ring (bicyclic) bond motifs is 1. The van der Waals surface area contributed by atoms with Crippen LogP contribution in [0, 0.1) is 5.92 Å². The number of halogens is 1. The molecule has 0 bridgehead atoms. The van der Waals surface area contributed by atoms with Crippen molar-refractivity contribution < 1.29 is 9.59 Å². The Morgan fingerprint density at radius 1 is 1.16 bits per heavy atom. The van der Waals surface area contributed by atoms with Crippen molar-refractivity contribution in [1.29, 1.82) is 0 Å². The number of nitrogens with zero attached hydrogens (tertiary/aromatic N) is 4. The standard InChI is InChI=1S/C22H22BrN5O3/c23-16-7-8-19(24-12-16)26-21(30)15-4-3-10-27(13-15)20(29)9-11-28-14-25-18-6-2-1-5-17(18)22(28)31/h1-2,5-8,12,14-15H,3-4,9-11,13H2,(H,24,26,30). The predicted octanol–water partition coefficient (Wildman–Crippen LogP) is 2.82. The van der Waals surface area contributed by atoms with Crippen LogP contribution in [-0.2, 0) is 16.1 Å². The Labute approximate surface area is 187 Å². The summed E-state index contributed by atoms with van der Waals surface area (Å²) in [7, 11) is 0. The van der Waals surface area contributed by atoms with Gasteiger partial charge >= 0.3 is 0 Å². The Hall–Kier alpha value is -3.07. The van der Waals surface area contributed by atoms with E-state index in [0.29, 0.717) is 29.8 Å². The number of carbonyl (C=O) groups excluding carboxylic acids is 2. The van der Waals surface area contributed by atoms with Crippen LogP contribution in [0.3, 0.4) is 0 Å². The largest absolute Gasteiger partial charge is 0.342 e. The van der Waals surface area contributed by atoms with E-state index in [1.165, 1.54) is 10.9 Å². The highest BCUT2D eigenvalue weighted by molar-refractivity contribution is 9.10. The lowest BCUT2D eigenvalue weighted by Crippen LogP contribution is -2.44. The first-order chi connectivity index (χ1) is 15.0. The highest BCUT2D eigenvalue weighted by Gasteiger charge is 2.28. The van der Waals surface area contributed by atoms with E-state index in [9.17, 15) is 14.4 Å². The molecular weight excluding hydrogens is 462 g/mol. The van der Waals surface area contributed by atoms with Gasteiger partial charge in [0.1, 0.15) is 5.82 Å². The number of aromatic nitrogens is 3. The van der Waals surface area contributed by atoms with Gasteiger partial charge in [-0.1, -0.05) is 12.1 Å². The molecule has 0 aliphatic carbocycles. The van der Waals surface area contributed by atoms with Crippen molar-refractivity contribution in [3.8, 4) is 0 Å². The SMILES string of the molecule is O=C(Nc1ccc(Br)cn1)C1CCCN(C(=O)CCn2cnc3ccccc3c2=O)C1. The minimum Gasteiger partial charge on any atom is -0.342 e. The molecule has 8 nitrogen and oxygen atoms in total. The van der Waals surface area contributed by atoms with Crippen LogP contribution in [0.4, 0.5) is 5.82 Å². The van der Waals surface area contributed by atoms with Gasteiger partial charge in [-0.05, 0) is 53.0 Å². The van der Waals surface area contributed by atoms with Gasteiger partial charge in [0, 0.05) is 36.7 Å². The Kier molecular flexibility index (Phi) is 6.41. The summed E-state index contributed by atoms with van der Waals surface area (Å²) < 4.78 is 2.30. The lowest BCUT2D eigenvalue weighted by atomic mass is 9.97. The molecule has 4 rings (SSSR count). The van der Waals surface area contributed by atoms with Crippen molar-refractivity contribution in [3.05, 3.63) is 63.7 Å². The lowest BCUT2D eigenvalue weighted by molar-refractivity contribution is -0.134. The molecule has 2 aromatic heterocycles. The number of amides is 2. The van der Waals surface area contributed by atoms with Crippen LogP contribution in [0.15, 0.2) is 58.2 Å². The van der Waals surface area contributed by atoms with Crippen molar-refractivity contribution in [1.82, 2.24) is 19.4 Å². The molecule has 0 radical (unpaired) electrons. The van der Waals surface area contributed by atoms with E-state index in [1.807, 2.05) is 12.1 Å². The Morgan fingerprint density at radius 3 is 2.81 bits per heavy atom. The van der Waals surface area contributed by atoms with Crippen LogP contribution in [0.2, 0.25) is 0 Å². The normalized spacial score (nSPS) is 16.3. The number of nitrogens with one attached hydrogen (secondary N) is 1. The van der Waals surface area contributed by atoms with Gasteiger partial charge in [-0.3, -0.25) is 19.0 Å². The van der Waals surface area contributed by atoms with E-state index in [4.69, 9.17) is 0 Å². The van der Waals surface area contributed by atoms with Gasteiger partial charge in [-0.2, -0.15) is 0 Å². The number of para-hydroxylation sites is 1. The number of carbonyl (C=O) groups is 2. The van der Waals surface area contributed by atoms with Gasteiger partial charge in [-0.25, -0.2) is 9.97 Å².